The molecule has 20 heavy (non-hydrogen) atoms. The Hall–Kier alpha value is -1.71. The summed E-state index contributed by atoms with van der Waals surface area (Å²) in [5.41, 5.74) is 7.46. The van der Waals surface area contributed by atoms with Crippen molar-refractivity contribution in [2.24, 2.45) is 0 Å². The summed E-state index contributed by atoms with van der Waals surface area (Å²) < 4.78 is 0. The molecule has 0 atom stereocenters. The van der Waals surface area contributed by atoms with Crippen LogP contribution in [0.1, 0.15) is 15.9 Å². The summed E-state index contributed by atoms with van der Waals surface area (Å²) in [7, 11) is 1.71. The van der Waals surface area contributed by atoms with Crippen LogP contribution in [0.5, 0.6) is 0 Å². The monoisotopic (exact) mass is 308 g/mol. The Labute approximate surface area is 127 Å². The maximum absolute atomic E-state index is 12.4. The zero-order chi connectivity index (χ0) is 14.7. The molecule has 0 unspecified atom stereocenters. The molecule has 0 aliphatic rings. The van der Waals surface area contributed by atoms with E-state index in [4.69, 9.17) is 28.9 Å². The van der Waals surface area contributed by atoms with Gasteiger partial charge in [0.15, 0.2) is 0 Å². The van der Waals surface area contributed by atoms with Gasteiger partial charge in [0.05, 0.1) is 10.6 Å². The van der Waals surface area contributed by atoms with E-state index in [1.54, 1.807) is 36.2 Å². The van der Waals surface area contributed by atoms with Crippen molar-refractivity contribution in [3.63, 3.8) is 0 Å². The summed E-state index contributed by atoms with van der Waals surface area (Å²) in [5.74, 6) is -0.171. The summed E-state index contributed by atoms with van der Waals surface area (Å²) in [6, 6.07) is 12.3. The van der Waals surface area contributed by atoms with Crippen LogP contribution in [0.2, 0.25) is 10.0 Å². The van der Waals surface area contributed by atoms with Crippen LogP contribution in [0.4, 0.5) is 5.69 Å². The lowest BCUT2D eigenvalue weighted by atomic mass is 10.1. The summed E-state index contributed by atoms with van der Waals surface area (Å²) >= 11 is 12.1. The third-order valence-electron chi connectivity index (χ3n) is 2.94. The van der Waals surface area contributed by atoms with Crippen LogP contribution in [0, 0.1) is 0 Å². The fourth-order valence-corrected chi connectivity index (χ4v) is 2.33. The molecular weight excluding hydrogens is 295 g/mol. The number of hydrogen-bond acceptors (Lipinski definition) is 2. The van der Waals surface area contributed by atoms with Gasteiger partial charge >= 0.3 is 0 Å². The molecule has 0 saturated heterocycles. The van der Waals surface area contributed by atoms with Gasteiger partial charge in [0.25, 0.3) is 5.91 Å². The molecule has 3 nitrogen and oxygen atoms in total. The summed E-state index contributed by atoms with van der Waals surface area (Å²) in [6.45, 7) is 0.416. The Morgan fingerprint density at radius 2 is 1.85 bits per heavy atom. The van der Waals surface area contributed by atoms with E-state index in [-0.39, 0.29) is 5.91 Å². The van der Waals surface area contributed by atoms with Gasteiger partial charge in [-0.2, -0.15) is 0 Å². The Kier molecular flexibility index (Phi) is 4.53. The van der Waals surface area contributed by atoms with Crippen molar-refractivity contribution >= 4 is 34.8 Å². The molecule has 2 rings (SSSR count). The lowest BCUT2D eigenvalue weighted by Gasteiger charge is -2.18. The van der Waals surface area contributed by atoms with Crippen LogP contribution in [0.3, 0.4) is 0 Å². The van der Waals surface area contributed by atoms with E-state index in [1.807, 2.05) is 18.2 Å². The number of carbonyl (C=O) groups excluding carboxylic acids is 1. The van der Waals surface area contributed by atoms with Gasteiger partial charge in [-0.1, -0.05) is 41.4 Å². The quantitative estimate of drug-likeness (QED) is 0.875. The first-order valence-electron chi connectivity index (χ1n) is 6.03. The van der Waals surface area contributed by atoms with Gasteiger partial charge in [-0.15, -0.1) is 0 Å². The molecule has 0 aromatic heterocycles. The zero-order valence-corrected chi connectivity index (χ0v) is 12.4. The number of nitrogens with zero attached hydrogens (tertiary/aromatic N) is 1. The molecule has 2 N–H and O–H groups in total. The largest absolute Gasteiger partial charge is 0.399 e. The molecule has 2 aromatic rings. The fraction of sp³-hybridized carbons (Fsp3) is 0.133. The number of nitrogen functional groups attached to an aromatic ring is 1. The van der Waals surface area contributed by atoms with Crippen molar-refractivity contribution < 1.29 is 4.79 Å². The lowest BCUT2D eigenvalue weighted by Crippen LogP contribution is -2.26. The lowest BCUT2D eigenvalue weighted by molar-refractivity contribution is 0.0785. The average Bonchev–Trinajstić information content (AvgIpc) is 2.40. The first kappa shape index (κ1) is 14.7. The van der Waals surface area contributed by atoms with E-state index in [2.05, 4.69) is 0 Å². The van der Waals surface area contributed by atoms with Gasteiger partial charge in [0.1, 0.15) is 0 Å². The second kappa shape index (κ2) is 6.16. The van der Waals surface area contributed by atoms with Crippen molar-refractivity contribution in [2.75, 3.05) is 12.8 Å². The highest BCUT2D eigenvalue weighted by atomic mass is 35.5. The molecule has 0 heterocycles. The minimum atomic E-state index is -0.171. The van der Waals surface area contributed by atoms with Gasteiger partial charge in [0, 0.05) is 24.3 Å². The van der Waals surface area contributed by atoms with Gasteiger partial charge in [-0.05, 0) is 29.8 Å². The number of nitrogens with two attached hydrogens (primary N) is 1. The Morgan fingerprint density at radius 1 is 1.15 bits per heavy atom. The van der Waals surface area contributed by atoms with E-state index in [9.17, 15) is 4.79 Å². The van der Waals surface area contributed by atoms with Gasteiger partial charge in [-0.3, -0.25) is 4.79 Å². The van der Waals surface area contributed by atoms with Crippen molar-refractivity contribution in [3.05, 3.63) is 63.6 Å². The highest BCUT2D eigenvalue weighted by molar-refractivity contribution is 6.34. The maximum atomic E-state index is 12.4. The topological polar surface area (TPSA) is 46.3 Å². The minimum Gasteiger partial charge on any atom is -0.399 e. The highest BCUT2D eigenvalue weighted by Crippen LogP contribution is 2.22. The first-order chi connectivity index (χ1) is 9.49. The smallest absolute Gasteiger partial charge is 0.255 e. The second-order valence-corrected chi connectivity index (χ2v) is 5.31. The molecule has 0 spiro atoms. The van der Waals surface area contributed by atoms with Crippen LogP contribution < -0.4 is 5.73 Å². The summed E-state index contributed by atoms with van der Waals surface area (Å²) in [6.07, 6.45) is 0. The Balaban J connectivity index is 2.19. The van der Waals surface area contributed by atoms with E-state index < -0.39 is 0 Å². The highest BCUT2D eigenvalue weighted by Gasteiger charge is 2.16. The second-order valence-electron chi connectivity index (χ2n) is 4.49. The first-order valence-corrected chi connectivity index (χ1v) is 6.78. The van der Waals surface area contributed by atoms with Crippen molar-refractivity contribution in [1.29, 1.82) is 0 Å². The summed E-state index contributed by atoms with van der Waals surface area (Å²) in [4.78, 5) is 13.9. The molecule has 104 valence electrons. The van der Waals surface area contributed by atoms with E-state index in [0.29, 0.717) is 27.8 Å². The average molecular weight is 309 g/mol. The third-order valence-corrected chi connectivity index (χ3v) is 3.62. The van der Waals surface area contributed by atoms with Crippen LogP contribution >= 0.6 is 23.2 Å². The van der Waals surface area contributed by atoms with Crippen molar-refractivity contribution in [1.82, 2.24) is 4.90 Å². The molecule has 0 fully saturated rings. The van der Waals surface area contributed by atoms with Crippen molar-refractivity contribution in [3.8, 4) is 0 Å². The zero-order valence-electron chi connectivity index (χ0n) is 10.9. The molecule has 0 radical (unpaired) electrons. The molecular formula is C15H14Cl2N2O. The molecule has 0 aliphatic carbocycles. The van der Waals surface area contributed by atoms with Crippen LogP contribution in [-0.2, 0) is 6.54 Å². The van der Waals surface area contributed by atoms with E-state index in [0.717, 1.165) is 5.56 Å². The normalized spacial score (nSPS) is 10.3. The van der Waals surface area contributed by atoms with Crippen LogP contribution in [-0.4, -0.2) is 17.9 Å². The number of halogens is 2. The van der Waals surface area contributed by atoms with Gasteiger partial charge in [-0.25, -0.2) is 0 Å². The number of anilines is 1. The fourth-order valence-electron chi connectivity index (χ4n) is 1.86. The Morgan fingerprint density at radius 3 is 2.50 bits per heavy atom. The summed E-state index contributed by atoms with van der Waals surface area (Å²) in [5, 5.41) is 0.983. The van der Waals surface area contributed by atoms with E-state index in [1.165, 1.54) is 0 Å². The van der Waals surface area contributed by atoms with Gasteiger partial charge in [0.2, 0.25) is 0 Å². The Bertz CT molecular complexity index is 644. The number of benzene rings is 2. The molecule has 0 saturated carbocycles. The predicted molar refractivity (Wildman–Crippen MR) is 83.1 cm³/mol. The van der Waals surface area contributed by atoms with Crippen LogP contribution in [0.15, 0.2) is 42.5 Å². The third kappa shape index (κ3) is 3.24. The molecule has 1 amide bonds. The molecule has 5 heteroatoms. The number of hydrogen-bond donors (Lipinski definition) is 1. The minimum absolute atomic E-state index is 0.171. The van der Waals surface area contributed by atoms with Gasteiger partial charge < -0.3 is 10.6 Å². The number of carbonyl (C=O) groups is 1. The number of amides is 1. The van der Waals surface area contributed by atoms with Crippen molar-refractivity contribution in [2.45, 2.75) is 6.54 Å². The SMILES string of the molecule is CN(Cc1ccccc1Cl)C(=O)c1ccc(N)cc1Cl. The molecule has 2 aromatic carbocycles. The molecule has 0 bridgehead atoms. The standard InChI is InChI=1S/C15H14Cl2N2O/c1-19(9-10-4-2-3-5-13(10)16)15(20)12-7-6-11(18)8-14(12)17/h2-8H,9,18H2,1H3. The maximum Gasteiger partial charge on any atom is 0.255 e. The number of rotatable bonds is 3. The predicted octanol–water partition coefficient (Wildman–Crippen LogP) is 3.85. The van der Waals surface area contributed by atoms with Crippen LogP contribution in [0.25, 0.3) is 0 Å². The van der Waals surface area contributed by atoms with E-state index >= 15 is 0 Å². The molecule has 0 aliphatic heterocycles.